The fraction of sp³-hybridized carbons (Fsp3) is 0.591. The SMILES string of the molecule is CN(C)c1ccc(NC2=N[C@H]3[C@@H](O)[C@H](O)C[C@H](C(=O)N4CCC(C(N)=O)CC4)[C@H]3S2)cc1. The van der Waals surface area contributed by atoms with Crippen LogP contribution in [0.25, 0.3) is 0 Å². The first-order valence-electron chi connectivity index (χ1n) is 11.0. The Kier molecular flexibility index (Phi) is 6.64. The molecule has 10 heteroatoms. The minimum Gasteiger partial charge on any atom is -0.390 e. The Morgan fingerprint density at radius 3 is 2.44 bits per heavy atom. The first kappa shape index (κ1) is 22.9. The van der Waals surface area contributed by atoms with Crippen molar-refractivity contribution in [3.8, 4) is 0 Å². The molecular weight excluding hydrogens is 430 g/mol. The van der Waals surface area contributed by atoms with E-state index < -0.39 is 24.2 Å². The number of nitrogens with one attached hydrogen (secondary N) is 1. The van der Waals surface area contributed by atoms with Crippen LogP contribution in [0.4, 0.5) is 11.4 Å². The van der Waals surface area contributed by atoms with Gasteiger partial charge in [-0.25, -0.2) is 0 Å². The number of carbonyl (C=O) groups excluding carboxylic acids is 2. The summed E-state index contributed by atoms with van der Waals surface area (Å²) in [5.74, 6) is -1.01. The Balaban J connectivity index is 1.45. The maximum atomic E-state index is 13.3. The summed E-state index contributed by atoms with van der Waals surface area (Å²) < 4.78 is 0. The van der Waals surface area contributed by atoms with Crippen molar-refractivity contribution >= 4 is 40.1 Å². The quantitative estimate of drug-likeness (QED) is 0.513. The van der Waals surface area contributed by atoms with E-state index in [0.717, 1.165) is 11.4 Å². The number of rotatable bonds is 4. The van der Waals surface area contributed by atoms with Crippen LogP contribution in [-0.4, -0.2) is 82.8 Å². The minimum absolute atomic E-state index is 0.0480. The van der Waals surface area contributed by atoms with Crippen LogP contribution in [0.2, 0.25) is 0 Å². The predicted molar refractivity (Wildman–Crippen MR) is 126 cm³/mol. The molecule has 9 nitrogen and oxygen atoms in total. The largest absolute Gasteiger partial charge is 0.390 e. The Morgan fingerprint density at radius 2 is 1.84 bits per heavy atom. The predicted octanol–water partition coefficient (Wildman–Crippen LogP) is 0.470. The summed E-state index contributed by atoms with van der Waals surface area (Å²) in [6.45, 7) is 0.960. The van der Waals surface area contributed by atoms with E-state index in [9.17, 15) is 19.8 Å². The van der Waals surface area contributed by atoms with E-state index in [4.69, 9.17) is 5.73 Å². The van der Waals surface area contributed by atoms with Gasteiger partial charge < -0.3 is 31.1 Å². The number of nitrogens with zero attached hydrogens (tertiary/aromatic N) is 3. The zero-order valence-corrected chi connectivity index (χ0v) is 19.2. The summed E-state index contributed by atoms with van der Waals surface area (Å²) in [6.07, 6.45) is -0.688. The van der Waals surface area contributed by atoms with Crippen LogP contribution in [0.15, 0.2) is 29.3 Å². The maximum absolute atomic E-state index is 13.3. The summed E-state index contributed by atoms with van der Waals surface area (Å²) in [7, 11) is 3.95. The smallest absolute Gasteiger partial charge is 0.227 e. The van der Waals surface area contributed by atoms with Crippen LogP contribution in [-0.2, 0) is 9.59 Å². The topological polar surface area (TPSA) is 131 Å². The van der Waals surface area contributed by atoms with Crippen molar-refractivity contribution in [2.75, 3.05) is 37.4 Å². The third-order valence-electron chi connectivity index (χ3n) is 6.65. The molecule has 0 unspecified atom stereocenters. The highest BCUT2D eigenvalue weighted by Crippen LogP contribution is 2.42. The number of amides is 2. The number of nitrogens with two attached hydrogens (primary N) is 1. The summed E-state index contributed by atoms with van der Waals surface area (Å²) in [6, 6.07) is 7.35. The number of hydrogen-bond donors (Lipinski definition) is 4. The molecule has 3 aliphatic rings. The zero-order valence-electron chi connectivity index (χ0n) is 18.3. The Labute approximate surface area is 192 Å². The number of anilines is 2. The van der Waals surface area contributed by atoms with Crippen molar-refractivity contribution in [3.05, 3.63) is 24.3 Å². The highest BCUT2D eigenvalue weighted by molar-refractivity contribution is 8.15. The molecular formula is C22H31N5O4S. The van der Waals surface area contributed by atoms with E-state index in [1.54, 1.807) is 4.90 Å². The molecule has 5 atom stereocenters. The molecule has 2 heterocycles. The summed E-state index contributed by atoms with van der Waals surface area (Å²) in [5.41, 5.74) is 7.35. The second kappa shape index (κ2) is 9.29. The van der Waals surface area contributed by atoms with Crippen LogP contribution < -0.4 is 16.0 Å². The number of aliphatic hydroxyl groups excluding tert-OH is 2. The van der Waals surface area contributed by atoms with Gasteiger partial charge in [0.1, 0.15) is 6.10 Å². The van der Waals surface area contributed by atoms with Gasteiger partial charge in [-0.1, -0.05) is 11.8 Å². The van der Waals surface area contributed by atoms with Crippen molar-refractivity contribution in [2.45, 2.75) is 42.8 Å². The summed E-state index contributed by atoms with van der Waals surface area (Å²) in [5, 5.41) is 24.7. The number of carbonyl (C=O) groups is 2. The number of primary amides is 1. The van der Waals surface area contributed by atoms with Crippen LogP contribution in [0.5, 0.6) is 0 Å². The van der Waals surface area contributed by atoms with Crippen LogP contribution in [0.3, 0.4) is 0 Å². The van der Waals surface area contributed by atoms with E-state index >= 15 is 0 Å². The average molecular weight is 462 g/mol. The monoisotopic (exact) mass is 461 g/mol. The fourth-order valence-electron chi connectivity index (χ4n) is 4.68. The molecule has 4 rings (SSSR count). The Hall–Kier alpha value is -2.30. The maximum Gasteiger partial charge on any atom is 0.227 e. The molecule has 0 radical (unpaired) electrons. The van der Waals surface area contributed by atoms with E-state index in [-0.39, 0.29) is 29.4 Å². The van der Waals surface area contributed by atoms with Gasteiger partial charge >= 0.3 is 0 Å². The van der Waals surface area contributed by atoms with Crippen molar-refractivity contribution in [1.82, 2.24) is 4.90 Å². The number of aliphatic hydroxyl groups is 2. The lowest BCUT2D eigenvalue weighted by Crippen LogP contribution is -2.55. The minimum atomic E-state index is -1.01. The molecule has 2 amide bonds. The number of piperidine rings is 1. The van der Waals surface area contributed by atoms with Gasteiger partial charge in [0.25, 0.3) is 0 Å². The highest BCUT2D eigenvalue weighted by atomic mass is 32.2. The van der Waals surface area contributed by atoms with Crippen LogP contribution in [0, 0.1) is 11.8 Å². The van der Waals surface area contributed by atoms with Gasteiger partial charge in [-0.3, -0.25) is 14.6 Å². The first-order valence-corrected chi connectivity index (χ1v) is 11.9. The molecule has 0 spiro atoms. The van der Waals surface area contributed by atoms with Gasteiger partial charge in [-0.05, 0) is 43.5 Å². The molecule has 174 valence electrons. The lowest BCUT2D eigenvalue weighted by atomic mass is 9.80. The molecule has 1 saturated heterocycles. The standard InChI is InChI=1S/C22H31N5O4S/c1-26(2)14-5-3-13(4-6-14)24-22-25-17-18(29)16(28)11-15(19(17)32-22)21(31)27-9-7-12(8-10-27)20(23)30/h3-6,12,15-19,28-29H,7-11H2,1-2H3,(H2,23,30)(H,24,25)/t15-,16+,17-,18-,19+/m0/s1. The van der Waals surface area contributed by atoms with Crippen LogP contribution >= 0.6 is 11.8 Å². The number of likely N-dealkylation sites (tertiary alicyclic amines) is 1. The summed E-state index contributed by atoms with van der Waals surface area (Å²) in [4.78, 5) is 33.1. The summed E-state index contributed by atoms with van der Waals surface area (Å²) >= 11 is 1.45. The average Bonchev–Trinajstić information content (AvgIpc) is 3.20. The molecule has 2 fully saturated rings. The zero-order chi connectivity index (χ0) is 23.0. The molecule has 5 N–H and O–H groups in total. The number of thioether (sulfide) groups is 1. The van der Waals surface area contributed by atoms with Crippen molar-refractivity contribution < 1.29 is 19.8 Å². The van der Waals surface area contributed by atoms with Gasteiger partial charge in [0.05, 0.1) is 18.1 Å². The molecule has 32 heavy (non-hydrogen) atoms. The second-order valence-electron chi connectivity index (χ2n) is 8.98. The van der Waals surface area contributed by atoms with Crippen molar-refractivity contribution in [2.24, 2.45) is 22.6 Å². The molecule has 1 aromatic rings. The van der Waals surface area contributed by atoms with Crippen molar-refractivity contribution in [1.29, 1.82) is 0 Å². The van der Waals surface area contributed by atoms with E-state index in [0.29, 0.717) is 31.1 Å². The van der Waals surface area contributed by atoms with Gasteiger partial charge in [0.15, 0.2) is 5.17 Å². The normalized spacial score (nSPS) is 30.4. The van der Waals surface area contributed by atoms with Crippen LogP contribution in [0.1, 0.15) is 19.3 Å². The molecule has 1 aromatic carbocycles. The highest BCUT2D eigenvalue weighted by Gasteiger charge is 2.51. The van der Waals surface area contributed by atoms with Gasteiger partial charge in [-0.2, -0.15) is 0 Å². The van der Waals surface area contributed by atoms with Crippen molar-refractivity contribution in [3.63, 3.8) is 0 Å². The second-order valence-corrected chi connectivity index (χ2v) is 10.1. The number of aliphatic imine (C=N–C) groups is 1. The first-order chi connectivity index (χ1) is 15.2. The molecule has 2 aliphatic heterocycles. The van der Waals surface area contributed by atoms with Gasteiger partial charge in [-0.15, -0.1) is 0 Å². The van der Waals surface area contributed by atoms with E-state index in [1.165, 1.54) is 11.8 Å². The number of benzene rings is 1. The Morgan fingerprint density at radius 1 is 1.19 bits per heavy atom. The molecule has 0 aromatic heterocycles. The van der Waals surface area contributed by atoms with Gasteiger partial charge in [0.2, 0.25) is 11.8 Å². The number of amidine groups is 1. The number of hydrogen-bond acceptors (Lipinski definition) is 8. The van der Waals surface area contributed by atoms with Gasteiger partial charge in [0, 0.05) is 49.7 Å². The third kappa shape index (κ3) is 4.57. The van der Waals surface area contributed by atoms with E-state index in [1.807, 2.05) is 43.3 Å². The number of fused-ring (bicyclic) bond motifs is 1. The molecule has 1 saturated carbocycles. The molecule has 1 aliphatic carbocycles. The fourth-order valence-corrected chi connectivity index (χ4v) is 6.05. The Bertz CT molecular complexity index is 885. The third-order valence-corrected chi connectivity index (χ3v) is 7.96. The lowest BCUT2D eigenvalue weighted by molar-refractivity contribution is -0.142. The molecule has 0 bridgehead atoms. The lowest BCUT2D eigenvalue weighted by Gasteiger charge is -2.40. The van der Waals surface area contributed by atoms with E-state index in [2.05, 4.69) is 10.3 Å².